The molecule has 168 valence electrons. The summed E-state index contributed by atoms with van der Waals surface area (Å²) in [5.41, 5.74) is 2.30. The summed E-state index contributed by atoms with van der Waals surface area (Å²) < 4.78 is 18.6. The SMILES string of the molecule is COc1cc(C(=O)NCc2ccnc(-n3cccn3)c2)cc(OC)c1OCc1ccccc1. The van der Waals surface area contributed by atoms with Crippen LogP contribution in [-0.2, 0) is 13.2 Å². The molecule has 2 aromatic carbocycles. The molecule has 0 aliphatic rings. The van der Waals surface area contributed by atoms with Crippen molar-refractivity contribution >= 4 is 5.91 Å². The number of carbonyl (C=O) groups is 1. The highest BCUT2D eigenvalue weighted by Gasteiger charge is 2.18. The maximum atomic E-state index is 12.9. The summed E-state index contributed by atoms with van der Waals surface area (Å²) in [7, 11) is 3.05. The fourth-order valence-electron chi connectivity index (χ4n) is 3.27. The third kappa shape index (κ3) is 5.30. The number of nitrogens with zero attached hydrogens (tertiary/aromatic N) is 3. The van der Waals surface area contributed by atoms with Crippen molar-refractivity contribution in [1.82, 2.24) is 20.1 Å². The van der Waals surface area contributed by atoms with Crippen LogP contribution in [0.4, 0.5) is 0 Å². The van der Waals surface area contributed by atoms with Gasteiger partial charge >= 0.3 is 0 Å². The van der Waals surface area contributed by atoms with E-state index in [1.807, 2.05) is 54.7 Å². The number of hydrogen-bond donors (Lipinski definition) is 1. The Labute approximate surface area is 191 Å². The van der Waals surface area contributed by atoms with Crippen LogP contribution in [0.5, 0.6) is 17.2 Å². The molecule has 0 saturated carbocycles. The number of methoxy groups -OCH3 is 2. The summed E-state index contributed by atoms with van der Waals surface area (Å²) in [6.07, 6.45) is 5.18. The van der Waals surface area contributed by atoms with Crippen LogP contribution in [0.2, 0.25) is 0 Å². The zero-order valence-electron chi connectivity index (χ0n) is 18.4. The van der Waals surface area contributed by atoms with Gasteiger partial charge in [-0.1, -0.05) is 30.3 Å². The lowest BCUT2D eigenvalue weighted by Crippen LogP contribution is -2.23. The Hall–Kier alpha value is -4.33. The number of nitrogens with one attached hydrogen (secondary N) is 1. The molecule has 0 atom stereocenters. The van der Waals surface area contributed by atoms with Crippen molar-refractivity contribution in [2.45, 2.75) is 13.2 Å². The number of amides is 1. The molecule has 1 amide bonds. The summed E-state index contributed by atoms with van der Waals surface area (Å²) in [5.74, 6) is 1.69. The first-order valence-electron chi connectivity index (χ1n) is 10.3. The Morgan fingerprint density at radius 1 is 0.939 bits per heavy atom. The maximum absolute atomic E-state index is 12.9. The minimum Gasteiger partial charge on any atom is -0.493 e. The molecule has 0 fully saturated rings. The van der Waals surface area contributed by atoms with Gasteiger partial charge in [-0.15, -0.1) is 0 Å². The number of carbonyl (C=O) groups excluding carboxylic acids is 1. The van der Waals surface area contributed by atoms with Gasteiger partial charge in [0, 0.05) is 30.7 Å². The Bertz CT molecular complexity index is 1190. The summed E-state index contributed by atoms with van der Waals surface area (Å²) in [6.45, 7) is 0.673. The average molecular weight is 444 g/mol. The molecule has 0 spiro atoms. The predicted molar refractivity (Wildman–Crippen MR) is 123 cm³/mol. The molecule has 1 N–H and O–H groups in total. The first kappa shape index (κ1) is 21.9. The van der Waals surface area contributed by atoms with Crippen LogP contribution in [0.3, 0.4) is 0 Å². The van der Waals surface area contributed by atoms with E-state index in [4.69, 9.17) is 14.2 Å². The molecular formula is C25H24N4O4. The number of ether oxygens (including phenoxy) is 3. The van der Waals surface area contributed by atoms with Gasteiger partial charge in [0.1, 0.15) is 6.61 Å². The molecular weight excluding hydrogens is 420 g/mol. The second kappa shape index (κ2) is 10.3. The van der Waals surface area contributed by atoms with Crippen LogP contribution >= 0.6 is 0 Å². The van der Waals surface area contributed by atoms with Crippen molar-refractivity contribution in [1.29, 1.82) is 0 Å². The second-order valence-electron chi connectivity index (χ2n) is 7.14. The number of aromatic nitrogens is 3. The number of hydrogen-bond acceptors (Lipinski definition) is 6. The van der Waals surface area contributed by atoms with E-state index in [0.29, 0.717) is 41.8 Å². The first-order valence-corrected chi connectivity index (χ1v) is 10.3. The Kier molecular flexibility index (Phi) is 6.84. The molecule has 0 unspecified atom stereocenters. The van der Waals surface area contributed by atoms with Gasteiger partial charge in [-0.2, -0.15) is 5.10 Å². The Morgan fingerprint density at radius 2 is 1.70 bits per heavy atom. The standard InChI is InChI=1S/C25H24N4O4/c1-31-21-14-20(15-22(32-2)24(21)33-17-18-7-4-3-5-8-18)25(30)27-16-19-9-11-26-23(13-19)29-12-6-10-28-29/h3-15H,16-17H2,1-2H3,(H,27,30). The van der Waals surface area contributed by atoms with Gasteiger partial charge < -0.3 is 19.5 Å². The summed E-state index contributed by atoms with van der Waals surface area (Å²) in [4.78, 5) is 17.2. The van der Waals surface area contributed by atoms with E-state index in [1.54, 1.807) is 29.2 Å². The van der Waals surface area contributed by atoms with E-state index < -0.39 is 0 Å². The van der Waals surface area contributed by atoms with Gasteiger partial charge in [0.05, 0.1) is 14.2 Å². The fraction of sp³-hybridized carbons (Fsp3) is 0.160. The molecule has 33 heavy (non-hydrogen) atoms. The van der Waals surface area contributed by atoms with E-state index in [2.05, 4.69) is 15.4 Å². The molecule has 4 aromatic rings. The Balaban J connectivity index is 1.48. The highest BCUT2D eigenvalue weighted by Crippen LogP contribution is 2.39. The van der Waals surface area contributed by atoms with Crippen molar-refractivity contribution in [2.24, 2.45) is 0 Å². The monoisotopic (exact) mass is 444 g/mol. The van der Waals surface area contributed by atoms with Crippen LogP contribution in [0.25, 0.3) is 5.82 Å². The van der Waals surface area contributed by atoms with Crippen LogP contribution in [0, 0.1) is 0 Å². The van der Waals surface area contributed by atoms with Gasteiger partial charge in [-0.05, 0) is 41.5 Å². The normalized spacial score (nSPS) is 10.5. The van der Waals surface area contributed by atoms with Gasteiger partial charge in [0.25, 0.3) is 5.91 Å². The lowest BCUT2D eigenvalue weighted by atomic mass is 10.1. The summed E-state index contributed by atoms with van der Waals surface area (Å²) in [5, 5.41) is 7.10. The maximum Gasteiger partial charge on any atom is 0.251 e. The smallest absolute Gasteiger partial charge is 0.251 e. The molecule has 0 aliphatic carbocycles. The van der Waals surface area contributed by atoms with Gasteiger partial charge in [0.2, 0.25) is 5.75 Å². The van der Waals surface area contributed by atoms with Crippen LogP contribution in [0.1, 0.15) is 21.5 Å². The predicted octanol–water partition coefficient (Wildman–Crippen LogP) is 3.79. The molecule has 8 heteroatoms. The van der Waals surface area contributed by atoms with Crippen molar-refractivity contribution in [3.8, 4) is 23.1 Å². The molecule has 8 nitrogen and oxygen atoms in total. The number of pyridine rings is 1. The molecule has 0 radical (unpaired) electrons. The molecule has 0 bridgehead atoms. The lowest BCUT2D eigenvalue weighted by Gasteiger charge is -2.16. The fourth-order valence-corrected chi connectivity index (χ4v) is 3.27. The zero-order chi connectivity index (χ0) is 23.0. The van der Waals surface area contributed by atoms with Crippen LogP contribution in [0.15, 0.2) is 79.3 Å². The third-order valence-electron chi connectivity index (χ3n) is 4.95. The van der Waals surface area contributed by atoms with E-state index in [0.717, 1.165) is 11.1 Å². The molecule has 2 aromatic heterocycles. The van der Waals surface area contributed by atoms with Crippen LogP contribution in [-0.4, -0.2) is 34.9 Å². The van der Waals surface area contributed by atoms with Crippen LogP contribution < -0.4 is 19.5 Å². The van der Waals surface area contributed by atoms with Crippen molar-refractivity contribution < 1.29 is 19.0 Å². The van der Waals surface area contributed by atoms with E-state index in [-0.39, 0.29) is 5.91 Å². The van der Waals surface area contributed by atoms with E-state index >= 15 is 0 Å². The van der Waals surface area contributed by atoms with Crippen molar-refractivity contribution in [3.63, 3.8) is 0 Å². The zero-order valence-corrected chi connectivity index (χ0v) is 18.4. The van der Waals surface area contributed by atoms with E-state index in [9.17, 15) is 4.79 Å². The number of benzene rings is 2. The second-order valence-corrected chi connectivity index (χ2v) is 7.14. The average Bonchev–Trinajstić information content (AvgIpc) is 3.41. The highest BCUT2D eigenvalue weighted by atomic mass is 16.5. The van der Waals surface area contributed by atoms with Crippen molar-refractivity contribution in [3.05, 3.63) is 95.9 Å². The summed E-state index contributed by atoms with van der Waals surface area (Å²) >= 11 is 0. The molecule has 4 rings (SSSR count). The Morgan fingerprint density at radius 3 is 2.36 bits per heavy atom. The topological polar surface area (TPSA) is 87.5 Å². The molecule has 2 heterocycles. The van der Waals surface area contributed by atoms with Gasteiger partial charge in [-0.3, -0.25) is 4.79 Å². The minimum absolute atomic E-state index is 0.265. The molecule has 0 aliphatic heterocycles. The first-order chi connectivity index (χ1) is 16.2. The van der Waals surface area contributed by atoms with Gasteiger partial charge in [-0.25, -0.2) is 9.67 Å². The minimum atomic E-state index is -0.265. The van der Waals surface area contributed by atoms with Crippen molar-refractivity contribution in [2.75, 3.05) is 14.2 Å². The quantitative estimate of drug-likeness (QED) is 0.423. The lowest BCUT2D eigenvalue weighted by molar-refractivity contribution is 0.0950. The van der Waals surface area contributed by atoms with Gasteiger partial charge in [0.15, 0.2) is 17.3 Å². The highest BCUT2D eigenvalue weighted by molar-refractivity contribution is 5.95. The largest absolute Gasteiger partial charge is 0.493 e. The summed E-state index contributed by atoms with van der Waals surface area (Å²) in [6, 6.07) is 18.6. The third-order valence-corrected chi connectivity index (χ3v) is 4.95. The number of rotatable bonds is 9. The molecule has 0 saturated heterocycles. The van der Waals surface area contributed by atoms with E-state index in [1.165, 1.54) is 14.2 Å².